The van der Waals surface area contributed by atoms with Crippen molar-refractivity contribution in [2.24, 2.45) is 5.73 Å². The predicted molar refractivity (Wildman–Crippen MR) is 234 cm³/mol. The number of rotatable bonds is 13. The van der Waals surface area contributed by atoms with Crippen LogP contribution in [0.1, 0.15) is 109 Å². The lowest BCUT2D eigenvalue weighted by Crippen LogP contribution is -2.71. The molecule has 3 rings (SSSR count). The third-order valence-electron chi connectivity index (χ3n) is 9.95. The molecule has 0 aromatic carbocycles. The van der Waals surface area contributed by atoms with Crippen LogP contribution in [0, 0.1) is 0 Å². The first-order chi connectivity index (χ1) is 30.1. The standard InChI is InChI=1S/C43H76N6O17/c1-39(2,3)63-35(54)45-18-17-26(50)32(53)46-24-19-25(48-37(56)65-41(7,8)9)30(61-33-23(16-15-22(20-44)60-33)47-36(55)64-40(4,5)6)27(51)29(24)62-34-28(52)31(43(13,58)21-59-34)49(14)38(57)66-42(10,11)12/h15,23-31,33-34,50-52,58H,16-21,44H2,1-14H3,(H,45,54)(H,46,53)(H,47,55)(H,48,56)/t23?,24-,25+,26+,27?,28?,29+,30?,31?,33-,34-,43+/m1/s1. The van der Waals surface area contributed by atoms with Crippen molar-refractivity contribution < 1.29 is 82.3 Å². The third kappa shape index (κ3) is 17.4. The third-order valence-corrected chi connectivity index (χ3v) is 9.95. The van der Waals surface area contributed by atoms with Gasteiger partial charge in [-0.15, -0.1) is 0 Å². The highest BCUT2D eigenvalue weighted by atomic mass is 16.7. The van der Waals surface area contributed by atoms with Crippen molar-refractivity contribution in [3.05, 3.63) is 11.8 Å². The van der Waals surface area contributed by atoms with E-state index in [0.29, 0.717) is 0 Å². The fraction of sp³-hybridized carbons (Fsp3) is 0.837. The maximum Gasteiger partial charge on any atom is 0.410 e. The molecule has 66 heavy (non-hydrogen) atoms. The number of nitrogens with two attached hydrogens (primary N) is 1. The van der Waals surface area contributed by atoms with E-state index in [2.05, 4.69) is 21.3 Å². The Morgan fingerprint density at radius 1 is 0.773 bits per heavy atom. The number of aliphatic hydroxyl groups is 4. The minimum Gasteiger partial charge on any atom is -0.466 e. The van der Waals surface area contributed by atoms with E-state index in [-0.39, 0.29) is 38.1 Å². The smallest absolute Gasteiger partial charge is 0.410 e. The Morgan fingerprint density at radius 2 is 1.26 bits per heavy atom. The van der Waals surface area contributed by atoms with Gasteiger partial charge in [0.05, 0.1) is 37.3 Å². The SMILES string of the molecule is CN(C(=O)OC(C)(C)C)C1C(O)[C@@H](O[C@@H]2C(O)C(O[C@H]3OC(CN)=CCC3NC(=O)OC(C)(C)C)[C@@H](NC(=O)OC(C)(C)C)C[C@H]2NC(=O)[C@@H](O)CCNC(=O)OC(C)(C)C)OC[C@]1(C)O. The zero-order chi connectivity index (χ0) is 50.3. The summed E-state index contributed by atoms with van der Waals surface area (Å²) < 4.78 is 46.4. The van der Waals surface area contributed by atoms with Gasteiger partial charge in [0.2, 0.25) is 12.2 Å². The highest BCUT2D eigenvalue weighted by molar-refractivity contribution is 5.81. The molecule has 23 heteroatoms. The van der Waals surface area contributed by atoms with Crippen molar-refractivity contribution in [3.8, 4) is 0 Å². The van der Waals surface area contributed by atoms with Gasteiger partial charge in [-0.1, -0.05) is 0 Å². The number of nitrogens with zero attached hydrogens (tertiary/aromatic N) is 1. The predicted octanol–water partition coefficient (Wildman–Crippen LogP) is 1.36. The Kier molecular flexibility index (Phi) is 18.9. The van der Waals surface area contributed by atoms with Crippen molar-refractivity contribution in [2.75, 3.05) is 26.7 Å². The number of carbonyl (C=O) groups is 5. The van der Waals surface area contributed by atoms with Crippen LogP contribution in [0.4, 0.5) is 19.2 Å². The molecule has 380 valence electrons. The average Bonchev–Trinajstić information content (AvgIpc) is 3.12. The summed E-state index contributed by atoms with van der Waals surface area (Å²) in [5.74, 6) is -0.698. The second-order valence-electron chi connectivity index (χ2n) is 20.9. The van der Waals surface area contributed by atoms with E-state index in [9.17, 15) is 44.4 Å². The van der Waals surface area contributed by atoms with Crippen molar-refractivity contribution >= 4 is 30.3 Å². The number of carbonyl (C=O) groups excluding carboxylic acids is 5. The first kappa shape index (κ1) is 56.1. The molecule has 1 saturated heterocycles. The summed E-state index contributed by atoms with van der Waals surface area (Å²) in [6.45, 7) is 20.4. The molecule has 0 bridgehead atoms. The first-order valence-corrected chi connectivity index (χ1v) is 22.1. The second-order valence-corrected chi connectivity index (χ2v) is 20.9. The van der Waals surface area contributed by atoms with Gasteiger partial charge in [0, 0.05) is 13.6 Å². The number of hydrogen-bond acceptors (Lipinski definition) is 18. The molecule has 10 N–H and O–H groups in total. The van der Waals surface area contributed by atoms with Gasteiger partial charge in [0.15, 0.2) is 6.29 Å². The summed E-state index contributed by atoms with van der Waals surface area (Å²) in [4.78, 5) is 66.6. The van der Waals surface area contributed by atoms with Gasteiger partial charge < -0.3 is 90.2 Å². The number of ether oxygens (including phenoxy) is 8. The molecule has 3 aliphatic rings. The largest absolute Gasteiger partial charge is 0.466 e. The highest BCUT2D eigenvalue weighted by Crippen LogP contribution is 2.35. The summed E-state index contributed by atoms with van der Waals surface area (Å²) in [6.07, 6.45) is -13.9. The quantitative estimate of drug-likeness (QED) is 0.118. The van der Waals surface area contributed by atoms with E-state index < -0.39 is 132 Å². The summed E-state index contributed by atoms with van der Waals surface area (Å²) in [5.41, 5.74) is 0.455. The second kappa shape index (κ2) is 22.3. The van der Waals surface area contributed by atoms with Crippen LogP contribution in [0.5, 0.6) is 0 Å². The van der Waals surface area contributed by atoms with Crippen LogP contribution < -0.4 is 27.0 Å². The van der Waals surface area contributed by atoms with Crippen molar-refractivity contribution in [2.45, 2.75) is 205 Å². The molecule has 5 unspecified atom stereocenters. The van der Waals surface area contributed by atoms with Gasteiger partial charge in [-0.05, 0) is 115 Å². The lowest BCUT2D eigenvalue weighted by Gasteiger charge is -2.50. The van der Waals surface area contributed by atoms with Crippen LogP contribution >= 0.6 is 0 Å². The number of amides is 5. The minimum atomic E-state index is -1.88. The molecule has 2 heterocycles. The number of alkyl carbamates (subject to hydrolysis) is 3. The molecule has 0 aromatic rings. The molecular formula is C43H76N6O17. The van der Waals surface area contributed by atoms with Crippen LogP contribution in [0.3, 0.4) is 0 Å². The topological polar surface area (TPSA) is 317 Å². The highest BCUT2D eigenvalue weighted by Gasteiger charge is 2.55. The van der Waals surface area contributed by atoms with Crippen molar-refractivity contribution in [3.63, 3.8) is 0 Å². The normalized spacial score (nSPS) is 30.0. The van der Waals surface area contributed by atoms with E-state index in [4.69, 9.17) is 43.6 Å². The van der Waals surface area contributed by atoms with E-state index in [1.165, 1.54) is 14.0 Å². The van der Waals surface area contributed by atoms with Gasteiger partial charge >= 0.3 is 24.4 Å². The fourth-order valence-electron chi connectivity index (χ4n) is 7.30. The Bertz CT molecular complexity index is 1700. The summed E-state index contributed by atoms with van der Waals surface area (Å²) in [7, 11) is 1.31. The Hall–Kier alpha value is -4.23. The van der Waals surface area contributed by atoms with Crippen LogP contribution in [-0.2, 0) is 42.7 Å². The maximum atomic E-state index is 13.7. The first-order valence-electron chi connectivity index (χ1n) is 22.1. The fourth-order valence-corrected chi connectivity index (χ4v) is 7.30. The lowest BCUT2D eigenvalue weighted by atomic mass is 9.82. The molecule has 2 fully saturated rings. The van der Waals surface area contributed by atoms with E-state index in [1.807, 2.05) is 0 Å². The molecule has 0 radical (unpaired) electrons. The molecule has 5 amide bonds. The van der Waals surface area contributed by atoms with Crippen molar-refractivity contribution in [1.29, 1.82) is 0 Å². The van der Waals surface area contributed by atoms with Gasteiger partial charge in [-0.3, -0.25) is 4.79 Å². The van der Waals surface area contributed by atoms with Gasteiger partial charge in [-0.2, -0.15) is 0 Å². The molecule has 12 atom stereocenters. The summed E-state index contributed by atoms with van der Waals surface area (Å²) >= 11 is 0. The zero-order valence-electron chi connectivity index (χ0n) is 40.8. The van der Waals surface area contributed by atoms with Gasteiger partial charge in [0.25, 0.3) is 0 Å². The van der Waals surface area contributed by atoms with Crippen LogP contribution in [0.2, 0.25) is 0 Å². The Morgan fingerprint density at radius 3 is 1.77 bits per heavy atom. The lowest BCUT2D eigenvalue weighted by molar-refractivity contribution is -0.311. The maximum absolute atomic E-state index is 13.7. The van der Waals surface area contributed by atoms with Crippen LogP contribution in [0.25, 0.3) is 0 Å². The number of nitrogens with one attached hydrogen (secondary N) is 4. The zero-order valence-corrected chi connectivity index (χ0v) is 40.8. The van der Waals surface area contributed by atoms with E-state index in [1.54, 1.807) is 89.2 Å². The van der Waals surface area contributed by atoms with Crippen LogP contribution in [-0.4, -0.2) is 178 Å². The van der Waals surface area contributed by atoms with Crippen LogP contribution in [0.15, 0.2) is 11.8 Å². The monoisotopic (exact) mass is 949 g/mol. The van der Waals surface area contributed by atoms with E-state index in [0.717, 1.165) is 4.90 Å². The molecule has 2 aliphatic heterocycles. The Balaban J connectivity index is 2.08. The average molecular weight is 949 g/mol. The van der Waals surface area contributed by atoms with E-state index >= 15 is 0 Å². The molecular weight excluding hydrogens is 872 g/mol. The van der Waals surface area contributed by atoms with Crippen molar-refractivity contribution in [1.82, 2.24) is 26.2 Å². The molecule has 0 spiro atoms. The molecule has 1 saturated carbocycles. The van der Waals surface area contributed by atoms with Gasteiger partial charge in [0.1, 0.15) is 64.3 Å². The molecule has 0 aromatic heterocycles. The summed E-state index contributed by atoms with van der Waals surface area (Å²) in [5, 5.41) is 57.2. The minimum absolute atomic E-state index is 0.0686. The van der Waals surface area contributed by atoms with Gasteiger partial charge in [-0.25, -0.2) is 19.2 Å². The summed E-state index contributed by atoms with van der Waals surface area (Å²) in [6, 6.07) is -4.93. The molecule has 1 aliphatic carbocycles. The number of likely N-dealkylation sites (N-methyl/N-ethyl adjacent to an activating group) is 1. The molecule has 23 nitrogen and oxygen atoms in total. The number of aliphatic hydroxyl groups excluding tert-OH is 3. The Labute approximate surface area is 387 Å². The number of hydrogen-bond donors (Lipinski definition) is 9.